The summed E-state index contributed by atoms with van der Waals surface area (Å²) in [5, 5.41) is 9.12. The second kappa shape index (κ2) is 5.31. The molecule has 0 saturated heterocycles. The number of nitrogens with zero attached hydrogens (tertiary/aromatic N) is 1. The fraction of sp³-hybridized carbons (Fsp3) is 0.312. The van der Waals surface area contributed by atoms with E-state index in [0.717, 1.165) is 24.4 Å². The van der Waals surface area contributed by atoms with Crippen molar-refractivity contribution in [3.63, 3.8) is 0 Å². The first-order valence-corrected chi connectivity index (χ1v) is 6.50. The minimum absolute atomic E-state index is 0.391. The van der Waals surface area contributed by atoms with Gasteiger partial charge in [-0.15, -0.1) is 0 Å². The van der Waals surface area contributed by atoms with Crippen LogP contribution in [0.2, 0.25) is 0 Å². The molecule has 0 radical (unpaired) electrons. The number of carboxylic acids is 1. The van der Waals surface area contributed by atoms with Crippen molar-refractivity contribution in [1.29, 1.82) is 0 Å². The van der Waals surface area contributed by atoms with Gasteiger partial charge < -0.3 is 9.67 Å². The van der Waals surface area contributed by atoms with E-state index in [1.54, 1.807) is 6.07 Å². The predicted molar refractivity (Wildman–Crippen MR) is 75.8 cm³/mol. The molecule has 0 aliphatic heterocycles. The second-order valence-electron chi connectivity index (χ2n) is 4.85. The number of hydrogen-bond acceptors (Lipinski definition) is 1. The van der Waals surface area contributed by atoms with Gasteiger partial charge in [-0.1, -0.05) is 31.2 Å². The third kappa shape index (κ3) is 2.70. The lowest BCUT2D eigenvalue weighted by atomic mass is 10.1. The van der Waals surface area contributed by atoms with Crippen LogP contribution in [0.1, 0.15) is 39.8 Å². The molecule has 0 saturated carbocycles. The summed E-state index contributed by atoms with van der Waals surface area (Å²) >= 11 is 0. The summed E-state index contributed by atoms with van der Waals surface area (Å²) in [6.07, 6.45) is 1.03. The average molecular weight is 257 g/mol. The van der Waals surface area contributed by atoms with Crippen molar-refractivity contribution >= 4 is 5.97 Å². The highest BCUT2D eigenvalue weighted by Crippen LogP contribution is 2.17. The Morgan fingerprint density at radius 1 is 1.16 bits per heavy atom. The van der Waals surface area contributed by atoms with Gasteiger partial charge in [0.25, 0.3) is 0 Å². The molecule has 0 spiro atoms. The van der Waals surface area contributed by atoms with Gasteiger partial charge >= 0.3 is 5.97 Å². The number of rotatable bonds is 4. The van der Waals surface area contributed by atoms with Crippen LogP contribution in [0.4, 0.5) is 0 Å². The maximum atomic E-state index is 11.1. The van der Waals surface area contributed by atoms with Gasteiger partial charge in [-0.25, -0.2) is 4.79 Å². The molecule has 1 aromatic carbocycles. The van der Waals surface area contributed by atoms with Crippen LogP contribution >= 0.6 is 0 Å². The Balaban J connectivity index is 2.30. The molecule has 0 aliphatic rings. The summed E-state index contributed by atoms with van der Waals surface area (Å²) < 4.78 is 2.05. The minimum atomic E-state index is -0.860. The SMILES string of the molecule is CCc1ccc(Cn2c(C)cc(C(=O)O)c2C)cc1. The van der Waals surface area contributed by atoms with E-state index in [0.29, 0.717) is 5.56 Å². The Labute approximate surface area is 113 Å². The normalized spacial score (nSPS) is 10.7. The highest BCUT2D eigenvalue weighted by molar-refractivity contribution is 5.89. The summed E-state index contributed by atoms with van der Waals surface area (Å²) in [7, 11) is 0. The van der Waals surface area contributed by atoms with E-state index in [2.05, 4.69) is 31.2 Å². The Morgan fingerprint density at radius 3 is 2.21 bits per heavy atom. The van der Waals surface area contributed by atoms with E-state index in [-0.39, 0.29) is 0 Å². The van der Waals surface area contributed by atoms with Crippen molar-refractivity contribution in [1.82, 2.24) is 4.57 Å². The largest absolute Gasteiger partial charge is 0.478 e. The van der Waals surface area contributed by atoms with Crippen LogP contribution in [-0.4, -0.2) is 15.6 Å². The molecule has 0 atom stereocenters. The van der Waals surface area contributed by atoms with Gasteiger partial charge in [0.05, 0.1) is 5.56 Å². The minimum Gasteiger partial charge on any atom is -0.478 e. The van der Waals surface area contributed by atoms with Gasteiger partial charge in [0.1, 0.15) is 0 Å². The van der Waals surface area contributed by atoms with Gasteiger partial charge in [-0.3, -0.25) is 0 Å². The van der Waals surface area contributed by atoms with E-state index in [4.69, 9.17) is 5.11 Å². The monoisotopic (exact) mass is 257 g/mol. The number of aromatic nitrogens is 1. The summed E-state index contributed by atoms with van der Waals surface area (Å²) in [5.74, 6) is -0.860. The lowest BCUT2D eigenvalue weighted by molar-refractivity contribution is 0.0696. The van der Waals surface area contributed by atoms with Gasteiger partial charge in [0.15, 0.2) is 0 Å². The Kier molecular flexibility index (Phi) is 3.74. The van der Waals surface area contributed by atoms with Crippen molar-refractivity contribution in [3.8, 4) is 0 Å². The first-order chi connectivity index (χ1) is 9.02. The topological polar surface area (TPSA) is 42.2 Å². The molecule has 100 valence electrons. The third-order valence-electron chi connectivity index (χ3n) is 3.58. The molecule has 3 heteroatoms. The van der Waals surface area contributed by atoms with Crippen molar-refractivity contribution in [2.24, 2.45) is 0 Å². The molecule has 0 aliphatic carbocycles. The molecule has 1 N–H and O–H groups in total. The van der Waals surface area contributed by atoms with E-state index in [1.165, 1.54) is 11.1 Å². The highest BCUT2D eigenvalue weighted by Gasteiger charge is 2.14. The van der Waals surface area contributed by atoms with Gasteiger partial charge in [0.2, 0.25) is 0 Å². The second-order valence-corrected chi connectivity index (χ2v) is 4.85. The molecule has 0 amide bonds. The van der Waals surface area contributed by atoms with Crippen molar-refractivity contribution in [3.05, 3.63) is 58.4 Å². The number of aryl methyl sites for hydroxylation is 2. The maximum absolute atomic E-state index is 11.1. The molecule has 1 aromatic heterocycles. The zero-order valence-corrected chi connectivity index (χ0v) is 11.6. The van der Waals surface area contributed by atoms with Crippen LogP contribution in [0.15, 0.2) is 30.3 Å². The summed E-state index contributed by atoms with van der Waals surface area (Å²) in [5.41, 5.74) is 4.69. The van der Waals surface area contributed by atoms with Crippen molar-refractivity contribution < 1.29 is 9.90 Å². The van der Waals surface area contributed by atoms with E-state index in [1.807, 2.05) is 18.4 Å². The molecule has 2 aromatic rings. The van der Waals surface area contributed by atoms with Crippen LogP contribution in [0.25, 0.3) is 0 Å². The van der Waals surface area contributed by atoms with Crippen molar-refractivity contribution in [2.75, 3.05) is 0 Å². The fourth-order valence-corrected chi connectivity index (χ4v) is 2.32. The van der Waals surface area contributed by atoms with Crippen LogP contribution in [0.5, 0.6) is 0 Å². The third-order valence-corrected chi connectivity index (χ3v) is 3.58. The molecule has 0 unspecified atom stereocenters. The Hall–Kier alpha value is -2.03. The number of benzene rings is 1. The van der Waals surface area contributed by atoms with Crippen LogP contribution in [-0.2, 0) is 13.0 Å². The lowest BCUT2D eigenvalue weighted by Crippen LogP contribution is -2.06. The summed E-state index contributed by atoms with van der Waals surface area (Å²) in [6, 6.07) is 10.2. The fourth-order valence-electron chi connectivity index (χ4n) is 2.32. The molecule has 2 rings (SSSR count). The van der Waals surface area contributed by atoms with E-state index in [9.17, 15) is 4.79 Å². The summed E-state index contributed by atoms with van der Waals surface area (Å²) in [6.45, 7) is 6.65. The van der Waals surface area contributed by atoms with Gasteiger partial charge in [0, 0.05) is 17.9 Å². The quantitative estimate of drug-likeness (QED) is 0.912. The molecule has 0 fully saturated rings. The average Bonchev–Trinajstić information content (AvgIpc) is 2.68. The molecular weight excluding hydrogens is 238 g/mol. The lowest BCUT2D eigenvalue weighted by Gasteiger charge is -2.10. The first-order valence-electron chi connectivity index (χ1n) is 6.50. The highest BCUT2D eigenvalue weighted by atomic mass is 16.4. The Bertz CT molecular complexity index is 594. The van der Waals surface area contributed by atoms with E-state index >= 15 is 0 Å². The molecule has 3 nitrogen and oxygen atoms in total. The number of hydrogen-bond donors (Lipinski definition) is 1. The number of carbonyl (C=O) groups is 1. The van der Waals surface area contributed by atoms with Crippen LogP contribution in [0, 0.1) is 13.8 Å². The van der Waals surface area contributed by atoms with Gasteiger partial charge in [-0.05, 0) is 37.5 Å². The van der Waals surface area contributed by atoms with Crippen LogP contribution < -0.4 is 0 Å². The number of aromatic carboxylic acids is 1. The first kappa shape index (κ1) is 13.4. The Morgan fingerprint density at radius 2 is 1.74 bits per heavy atom. The molecule has 1 heterocycles. The van der Waals surface area contributed by atoms with Crippen LogP contribution in [0.3, 0.4) is 0 Å². The van der Waals surface area contributed by atoms with Crippen molar-refractivity contribution in [2.45, 2.75) is 33.7 Å². The number of carboxylic acid groups (broad SMARTS) is 1. The maximum Gasteiger partial charge on any atom is 0.337 e. The molecule has 0 bridgehead atoms. The standard InChI is InChI=1S/C16H19NO2/c1-4-13-5-7-14(8-6-13)10-17-11(2)9-15(12(17)3)16(18)19/h5-9H,4,10H2,1-3H3,(H,18,19). The molecular formula is C16H19NO2. The zero-order valence-electron chi connectivity index (χ0n) is 11.6. The van der Waals surface area contributed by atoms with Gasteiger partial charge in [-0.2, -0.15) is 0 Å². The zero-order chi connectivity index (χ0) is 14.0. The molecule has 19 heavy (non-hydrogen) atoms. The predicted octanol–water partition coefficient (Wildman–Crippen LogP) is 3.41. The van der Waals surface area contributed by atoms with E-state index < -0.39 is 5.97 Å². The smallest absolute Gasteiger partial charge is 0.337 e. The summed E-state index contributed by atoms with van der Waals surface area (Å²) in [4.78, 5) is 11.1.